The first kappa shape index (κ1) is 27.2. The number of anilines is 1. The number of nitrogens with one attached hydrogen (secondary N) is 1. The molecule has 9 nitrogen and oxygen atoms in total. The second-order valence-corrected chi connectivity index (χ2v) is 10.5. The second-order valence-electron chi connectivity index (χ2n) is 10.1. The molecule has 2 heterocycles. The van der Waals surface area contributed by atoms with Crippen molar-refractivity contribution in [3.63, 3.8) is 0 Å². The van der Waals surface area contributed by atoms with E-state index in [1.807, 2.05) is 45.9 Å². The summed E-state index contributed by atoms with van der Waals surface area (Å²) in [5.74, 6) is 0.189. The van der Waals surface area contributed by atoms with Gasteiger partial charge >= 0.3 is 12.1 Å². The van der Waals surface area contributed by atoms with Gasteiger partial charge in [-0.2, -0.15) is 0 Å². The van der Waals surface area contributed by atoms with E-state index in [2.05, 4.69) is 21.4 Å². The molecule has 200 valence electrons. The molecule has 1 aromatic heterocycles. The van der Waals surface area contributed by atoms with Crippen molar-refractivity contribution >= 4 is 29.6 Å². The van der Waals surface area contributed by atoms with Gasteiger partial charge in [0, 0.05) is 24.5 Å². The largest absolute Gasteiger partial charge is 0.485 e. The molecule has 10 heteroatoms. The molecule has 0 spiro atoms. The lowest BCUT2D eigenvalue weighted by atomic mass is 10.0. The lowest BCUT2D eigenvalue weighted by Gasteiger charge is -2.39. The van der Waals surface area contributed by atoms with Crippen LogP contribution in [0.15, 0.2) is 48.8 Å². The standard InChI is InChI=1S/C28H31ClN4O5/c1-17-7-6-8-18(9-17)12-30-26-31-13-20(14-32-26)19-10-22(25(34)36-5)24(29)23(11-19)37-21-15-33(16-21)27(35)38-28(2,3)4/h6-11,13-14,21H,12,15-16H2,1-5H3,(H,30,31,32). The first-order chi connectivity index (χ1) is 18.0. The van der Waals surface area contributed by atoms with Gasteiger partial charge in [-0.3, -0.25) is 0 Å². The number of carbonyl (C=O) groups excluding carboxylic acids is 2. The minimum atomic E-state index is -0.594. The summed E-state index contributed by atoms with van der Waals surface area (Å²) in [6.45, 7) is 8.76. The van der Waals surface area contributed by atoms with Gasteiger partial charge in [-0.1, -0.05) is 41.4 Å². The van der Waals surface area contributed by atoms with Crippen LogP contribution in [0.3, 0.4) is 0 Å². The Morgan fingerprint density at radius 3 is 2.45 bits per heavy atom. The molecule has 4 rings (SSSR count). The van der Waals surface area contributed by atoms with Crippen LogP contribution in [0.4, 0.5) is 10.7 Å². The third-order valence-corrected chi connectivity index (χ3v) is 6.15. The Kier molecular flexibility index (Phi) is 8.06. The number of aromatic nitrogens is 2. The van der Waals surface area contributed by atoms with E-state index in [4.69, 9.17) is 25.8 Å². The molecule has 0 bridgehead atoms. The summed E-state index contributed by atoms with van der Waals surface area (Å²) < 4.78 is 16.4. The predicted molar refractivity (Wildman–Crippen MR) is 145 cm³/mol. The minimum absolute atomic E-state index is 0.133. The number of methoxy groups -OCH3 is 1. The SMILES string of the molecule is COC(=O)c1cc(-c2cnc(NCc3cccc(C)c3)nc2)cc(OC2CN(C(=O)OC(C)(C)C)C2)c1Cl. The van der Waals surface area contributed by atoms with Crippen molar-refractivity contribution < 1.29 is 23.8 Å². The number of hydrogen-bond donors (Lipinski definition) is 1. The molecule has 1 saturated heterocycles. The van der Waals surface area contributed by atoms with E-state index in [0.717, 1.165) is 5.56 Å². The number of amides is 1. The molecule has 0 atom stereocenters. The molecule has 1 aliphatic heterocycles. The van der Waals surface area contributed by atoms with Crippen molar-refractivity contribution in [2.75, 3.05) is 25.5 Å². The van der Waals surface area contributed by atoms with Crippen LogP contribution in [0.1, 0.15) is 42.3 Å². The zero-order chi connectivity index (χ0) is 27.4. The third kappa shape index (κ3) is 6.72. The highest BCUT2D eigenvalue weighted by molar-refractivity contribution is 6.35. The fourth-order valence-electron chi connectivity index (χ4n) is 3.85. The first-order valence-electron chi connectivity index (χ1n) is 12.2. The van der Waals surface area contributed by atoms with Crippen molar-refractivity contribution in [2.24, 2.45) is 0 Å². The van der Waals surface area contributed by atoms with Crippen LogP contribution in [-0.2, 0) is 16.0 Å². The van der Waals surface area contributed by atoms with Gasteiger partial charge < -0.3 is 24.4 Å². The maximum absolute atomic E-state index is 12.4. The Morgan fingerprint density at radius 2 is 1.82 bits per heavy atom. The minimum Gasteiger partial charge on any atom is -0.485 e. The normalized spacial score (nSPS) is 13.5. The van der Waals surface area contributed by atoms with Crippen LogP contribution in [0.25, 0.3) is 11.1 Å². The molecular formula is C28H31ClN4O5. The number of likely N-dealkylation sites (tertiary alicyclic amines) is 1. The average Bonchev–Trinajstić information content (AvgIpc) is 2.84. The molecule has 1 amide bonds. The van der Waals surface area contributed by atoms with Gasteiger partial charge in [0.1, 0.15) is 17.5 Å². The van der Waals surface area contributed by atoms with E-state index in [1.54, 1.807) is 29.4 Å². The number of carbonyl (C=O) groups is 2. The van der Waals surface area contributed by atoms with E-state index >= 15 is 0 Å². The van der Waals surface area contributed by atoms with Gasteiger partial charge in [-0.15, -0.1) is 0 Å². The topological polar surface area (TPSA) is 103 Å². The van der Waals surface area contributed by atoms with Gasteiger partial charge in [0.25, 0.3) is 0 Å². The van der Waals surface area contributed by atoms with Crippen LogP contribution in [0.2, 0.25) is 5.02 Å². The molecule has 2 aromatic carbocycles. The molecule has 0 aliphatic carbocycles. The summed E-state index contributed by atoms with van der Waals surface area (Å²) >= 11 is 6.52. The van der Waals surface area contributed by atoms with Crippen molar-refractivity contribution in [3.05, 3.63) is 70.5 Å². The van der Waals surface area contributed by atoms with Crippen LogP contribution in [0.5, 0.6) is 5.75 Å². The first-order valence-corrected chi connectivity index (χ1v) is 12.6. The number of rotatable bonds is 7. The molecule has 0 saturated carbocycles. The van der Waals surface area contributed by atoms with E-state index in [0.29, 0.717) is 42.5 Å². The zero-order valence-corrected chi connectivity index (χ0v) is 22.8. The quantitative estimate of drug-likeness (QED) is 0.393. The maximum atomic E-state index is 12.4. The molecule has 1 aliphatic rings. The van der Waals surface area contributed by atoms with Crippen LogP contribution in [0, 0.1) is 6.92 Å². The maximum Gasteiger partial charge on any atom is 0.410 e. The number of nitrogens with zero attached hydrogens (tertiary/aromatic N) is 3. The van der Waals surface area contributed by atoms with Crippen molar-refractivity contribution in [3.8, 4) is 16.9 Å². The van der Waals surface area contributed by atoms with Crippen LogP contribution >= 0.6 is 11.6 Å². The Balaban J connectivity index is 1.48. The number of hydrogen-bond acceptors (Lipinski definition) is 8. The van der Waals surface area contributed by atoms with Crippen LogP contribution < -0.4 is 10.1 Å². The third-order valence-electron chi connectivity index (χ3n) is 5.76. The van der Waals surface area contributed by atoms with Crippen molar-refractivity contribution in [2.45, 2.75) is 45.9 Å². The molecular weight excluding hydrogens is 508 g/mol. The summed E-state index contributed by atoms with van der Waals surface area (Å²) in [5.41, 5.74) is 3.19. The molecule has 0 unspecified atom stereocenters. The average molecular weight is 539 g/mol. The summed E-state index contributed by atoms with van der Waals surface area (Å²) in [6.07, 6.45) is 2.62. The number of esters is 1. The van der Waals surface area contributed by atoms with Gasteiger partial charge in [-0.25, -0.2) is 19.6 Å². The Labute approximate surface area is 227 Å². The zero-order valence-electron chi connectivity index (χ0n) is 22.1. The number of halogens is 1. The highest BCUT2D eigenvalue weighted by Gasteiger charge is 2.36. The smallest absolute Gasteiger partial charge is 0.410 e. The van der Waals surface area contributed by atoms with Gasteiger partial charge in [-0.05, 0) is 51.0 Å². The highest BCUT2D eigenvalue weighted by atomic mass is 35.5. The van der Waals surface area contributed by atoms with Gasteiger partial charge in [0.2, 0.25) is 5.95 Å². The molecule has 0 radical (unpaired) electrons. The van der Waals surface area contributed by atoms with Crippen molar-refractivity contribution in [1.29, 1.82) is 0 Å². The monoisotopic (exact) mass is 538 g/mol. The lowest BCUT2D eigenvalue weighted by molar-refractivity contribution is -0.0221. The highest BCUT2D eigenvalue weighted by Crippen LogP contribution is 2.36. The molecule has 1 fully saturated rings. The lowest BCUT2D eigenvalue weighted by Crippen LogP contribution is -2.57. The molecule has 1 N–H and O–H groups in total. The predicted octanol–water partition coefficient (Wildman–Crippen LogP) is 5.50. The molecule has 38 heavy (non-hydrogen) atoms. The van der Waals surface area contributed by atoms with E-state index < -0.39 is 17.7 Å². The van der Waals surface area contributed by atoms with E-state index in [1.165, 1.54) is 12.7 Å². The Bertz CT molecular complexity index is 1320. The fourth-order valence-corrected chi connectivity index (χ4v) is 4.08. The number of aryl methyl sites for hydroxylation is 1. The summed E-state index contributed by atoms with van der Waals surface area (Å²) in [5, 5.41) is 3.34. The summed E-state index contributed by atoms with van der Waals surface area (Å²) in [7, 11) is 1.29. The molecule has 3 aromatic rings. The Hall–Kier alpha value is -3.85. The fraction of sp³-hybridized carbons (Fsp3) is 0.357. The Morgan fingerprint density at radius 1 is 1.11 bits per heavy atom. The summed E-state index contributed by atoms with van der Waals surface area (Å²) in [4.78, 5) is 35.1. The number of ether oxygens (including phenoxy) is 3. The second kappa shape index (κ2) is 11.3. The van der Waals surface area contributed by atoms with Gasteiger partial charge in [0.05, 0.1) is 30.8 Å². The van der Waals surface area contributed by atoms with Crippen LogP contribution in [-0.4, -0.2) is 58.8 Å². The van der Waals surface area contributed by atoms with E-state index in [-0.39, 0.29) is 16.7 Å². The number of benzene rings is 2. The summed E-state index contributed by atoms with van der Waals surface area (Å²) in [6, 6.07) is 11.5. The van der Waals surface area contributed by atoms with Crippen molar-refractivity contribution in [1.82, 2.24) is 14.9 Å². The van der Waals surface area contributed by atoms with E-state index in [9.17, 15) is 9.59 Å². The van der Waals surface area contributed by atoms with Gasteiger partial charge in [0.15, 0.2) is 0 Å².